The maximum absolute atomic E-state index is 11.7. The summed E-state index contributed by atoms with van der Waals surface area (Å²) >= 11 is 0. The lowest BCUT2D eigenvalue weighted by molar-refractivity contribution is 0.0265. The van der Waals surface area contributed by atoms with E-state index < -0.39 is 11.9 Å². The SMILES string of the molecule is Nc1ccc(C(=O)OCCOC(=O)c2ccc(N)cc2)cc1.O. The zero-order valence-electron chi connectivity index (χ0n) is 12.3. The van der Waals surface area contributed by atoms with Crippen LogP contribution in [0, 0.1) is 0 Å². The monoisotopic (exact) mass is 318 g/mol. The second-order valence-electron chi connectivity index (χ2n) is 4.52. The van der Waals surface area contributed by atoms with E-state index in [9.17, 15) is 9.59 Å². The molecular weight excluding hydrogens is 300 g/mol. The number of anilines is 2. The van der Waals surface area contributed by atoms with Crippen molar-refractivity contribution >= 4 is 23.3 Å². The van der Waals surface area contributed by atoms with Crippen molar-refractivity contribution in [3.05, 3.63) is 59.7 Å². The van der Waals surface area contributed by atoms with Gasteiger partial charge < -0.3 is 26.4 Å². The molecule has 0 fully saturated rings. The van der Waals surface area contributed by atoms with E-state index in [2.05, 4.69) is 0 Å². The summed E-state index contributed by atoms with van der Waals surface area (Å²) in [6.07, 6.45) is 0. The van der Waals surface area contributed by atoms with Gasteiger partial charge in [-0.25, -0.2) is 9.59 Å². The highest BCUT2D eigenvalue weighted by atomic mass is 16.6. The Morgan fingerprint density at radius 3 is 1.30 bits per heavy atom. The minimum Gasteiger partial charge on any atom is -0.458 e. The van der Waals surface area contributed by atoms with Crippen LogP contribution in [0.1, 0.15) is 20.7 Å². The van der Waals surface area contributed by atoms with Gasteiger partial charge >= 0.3 is 11.9 Å². The van der Waals surface area contributed by atoms with Crippen molar-refractivity contribution in [2.45, 2.75) is 0 Å². The topological polar surface area (TPSA) is 136 Å². The van der Waals surface area contributed by atoms with Crippen LogP contribution in [0.25, 0.3) is 0 Å². The van der Waals surface area contributed by atoms with Crippen LogP contribution < -0.4 is 11.5 Å². The predicted octanol–water partition coefficient (Wildman–Crippen LogP) is 1.04. The number of hydrogen-bond donors (Lipinski definition) is 2. The first-order valence-corrected chi connectivity index (χ1v) is 6.61. The summed E-state index contributed by atoms with van der Waals surface area (Å²) in [5.41, 5.74) is 13.0. The zero-order chi connectivity index (χ0) is 15.9. The number of rotatable bonds is 5. The molecule has 0 aliphatic carbocycles. The highest BCUT2D eigenvalue weighted by molar-refractivity contribution is 5.90. The van der Waals surface area contributed by atoms with Gasteiger partial charge in [-0.3, -0.25) is 0 Å². The zero-order valence-corrected chi connectivity index (χ0v) is 12.3. The number of carbonyl (C=O) groups excluding carboxylic acids is 2. The Morgan fingerprint density at radius 1 is 0.696 bits per heavy atom. The van der Waals surface area contributed by atoms with E-state index in [-0.39, 0.29) is 18.7 Å². The largest absolute Gasteiger partial charge is 0.458 e. The lowest BCUT2D eigenvalue weighted by Crippen LogP contribution is -2.14. The van der Waals surface area contributed by atoms with Crippen LogP contribution in [0.5, 0.6) is 0 Å². The number of nitrogens with two attached hydrogens (primary N) is 2. The van der Waals surface area contributed by atoms with Crippen LogP contribution in [0.2, 0.25) is 0 Å². The van der Waals surface area contributed by atoms with Gasteiger partial charge in [0.05, 0.1) is 11.1 Å². The fraction of sp³-hybridized carbons (Fsp3) is 0.125. The number of hydrogen-bond acceptors (Lipinski definition) is 6. The molecule has 2 aromatic rings. The van der Waals surface area contributed by atoms with Crippen LogP contribution in [0.3, 0.4) is 0 Å². The molecule has 2 rings (SSSR count). The van der Waals surface area contributed by atoms with Crippen molar-refractivity contribution in [3.8, 4) is 0 Å². The summed E-state index contributed by atoms with van der Waals surface area (Å²) in [7, 11) is 0. The smallest absolute Gasteiger partial charge is 0.338 e. The molecule has 0 radical (unpaired) electrons. The van der Waals surface area contributed by atoms with Crippen molar-refractivity contribution in [1.82, 2.24) is 0 Å². The second-order valence-corrected chi connectivity index (χ2v) is 4.52. The van der Waals surface area contributed by atoms with E-state index >= 15 is 0 Å². The normalized spacial score (nSPS) is 9.57. The molecule has 122 valence electrons. The number of benzene rings is 2. The van der Waals surface area contributed by atoms with Crippen LogP contribution in [-0.4, -0.2) is 30.6 Å². The lowest BCUT2D eigenvalue weighted by Gasteiger charge is -2.07. The molecular formula is C16H18N2O5. The van der Waals surface area contributed by atoms with Gasteiger partial charge in [-0.15, -0.1) is 0 Å². The number of ether oxygens (including phenoxy) is 2. The molecule has 0 bridgehead atoms. The third-order valence-electron chi connectivity index (χ3n) is 2.84. The molecule has 0 spiro atoms. The minimum absolute atomic E-state index is 0. The Morgan fingerprint density at radius 2 is 1.00 bits per heavy atom. The molecule has 0 saturated carbocycles. The van der Waals surface area contributed by atoms with Gasteiger partial charge in [0, 0.05) is 11.4 Å². The molecule has 0 aromatic heterocycles. The Balaban J connectivity index is 0.00000264. The Bertz CT molecular complexity index is 594. The first-order valence-electron chi connectivity index (χ1n) is 6.61. The molecule has 2 aromatic carbocycles. The van der Waals surface area contributed by atoms with E-state index in [0.717, 1.165) is 0 Å². The van der Waals surface area contributed by atoms with Crippen molar-refractivity contribution in [1.29, 1.82) is 0 Å². The summed E-state index contributed by atoms with van der Waals surface area (Å²) in [5.74, 6) is -0.993. The van der Waals surface area contributed by atoms with E-state index in [4.69, 9.17) is 20.9 Å². The maximum atomic E-state index is 11.7. The molecule has 23 heavy (non-hydrogen) atoms. The fourth-order valence-electron chi connectivity index (χ4n) is 1.67. The number of nitrogen functional groups attached to an aromatic ring is 2. The van der Waals surface area contributed by atoms with Crippen LogP contribution in [-0.2, 0) is 9.47 Å². The molecule has 0 amide bonds. The predicted molar refractivity (Wildman–Crippen MR) is 85.9 cm³/mol. The summed E-state index contributed by atoms with van der Waals surface area (Å²) < 4.78 is 9.99. The highest BCUT2D eigenvalue weighted by Gasteiger charge is 2.09. The molecule has 0 saturated heterocycles. The standard InChI is InChI=1S/C16H16N2O4.H2O/c17-13-5-1-11(2-6-13)15(19)21-9-10-22-16(20)12-3-7-14(18)8-4-12;/h1-8H,9-10,17-18H2;1H2. The quantitative estimate of drug-likeness (QED) is 0.480. The van der Waals surface area contributed by atoms with Gasteiger partial charge in [0.1, 0.15) is 13.2 Å². The summed E-state index contributed by atoms with van der Waals surface area (Å²) in [6.45, 7) is -0.0478. The van der Waals surface area contributed by atoms with Crippen LogP contribution >= 0.6 is 0 Å². The van der Waals surface area contributed by atoms with Gasteiger partial charge in [-0.2, -0.15) is 0 Å². The lowest BCUT2D eigenvalue weighted by atomic mass is 10.2. The fourth-order valence-corrected chi connectivity index (χ4v) is 1.67. The van der Waals surface area contributed by atoms with Gasteiger partial charge in [0.25, 0.3) is 0 Å². The summed E-state index contributed by atoms with van der Waals surface area (Å²) in [4.78, 5) is 23.4. The number of esters is 2. The van der Waals surface area contributed by atoms with E-state index in [1.165, 1.54) is 0 Å². The highest BCUT2D eigenvalue weighted by Crippen LogP contribution is 2.08. The Hall–Kier alpha value is -3.06. The van der Waals surface area contributed by atoms with E-state index in [1.807, 2.05) is 0 Å². The molecule has 0 aliphatic rings. The molecule has 6 N–H and O–H groups in total. The van der Waals surface area contributed by atoms with E-state index in [1.54, 1.807) is 48.5 Å². The first kappa shape index (κ1) is 18.0. The average Bonchev–Trinajstić information content (AvgIpc) is 2.52. The Labute approximate surface area is 133 Å². The van der Waals surface area contributed by atoms with Crippen molar-refractivity contribution in [2.24, 2.45) is 0 Å². The third kappa shape index (κ3) is 5.33. The molecule has 0 unspecified atom stereocenters. The second kappa shape index (κ2) is 8.40. The van der Waals surface area contributed by atoms with E-state index in [0.29, 0.717) is 22.5 Å². The first-order chi connectivity index (χ1) is 10.6. The van der Waals surface area contributed by atoms with Crippen LogP contribution in [0.4, 0.5) is 11.4 Å². The van der Waals surface area contributed by atoms with Crippen molar-refractivity contribution < 1.29 is 24.5 Å². The number of carbonyl (C=O) groups is 2. The third-order valence-corrected chi connectivity index (χ3v) is 2.84. The van der Waals surface area contributed by atoms with Gasteiger partial charge in [-0.05, 0) is 48.5 Å². The van der Waals surface area contributed by atoms with Crippen molar-refractivity contribution in [2.75, 3.05) is 24.7 Å². The molecule has 0 heterocycles. The average molecular weight is 318 g/mol. The van der Waals surface area contributed by atoms with Gasteiger partial charge in [0.15, 0.2) is 0 Å². The summed E-state index contributed by atoms with van der Waals surface area (Å²) in [5, 5.41) is 0. The molecule has 7 heteroatoms. The molecule has 7 nitrogen and oxygen atoms in total. The Kier molecular flexibility index (Phi) is 6.57. The van der Waals surface area contributed by atoms with Crippen molar-refractivity contribution in [3.63, 3.8) is 0 Å². The molecule has 0 aliphatic heterocycles. The molecule has 0 atom stereocenters. The van der Waals surface area contributed by atoms with Gasteiger partial charge in [0.2, 0.25) is 0 Å². The minimum atomic E-state index is -0.497. The maximum Gasteiger partial charge on any atom is 0.338 e. The van der Waals surface area contributed by atoms with Crippen LogP contribution in [0.15, 0.2) is 48.5 Å². The van der Waals surface area contributed by atoms with Gasteiger partial charge in [-0.1, -0.05) is 0 Å². The summed E-state index contributed by atoms with van der Waals surface area (Å²) in [6, 6.07) is 12.7.